The van der Waals surface area contributed by atoms with Crippen LogP contribution < -0.4 is 5.32 Å². The number of carbonyl (C=O) groups is 1. The van der Waals surface area contributed by atoms with E-state index in [0.29, 0.717) is 6.54 Å². The first-order valence-corrected chi connectivity index (χ1v) is 9.10. The lowest BCUT2D eigenvalue weighted by Gasteiger charge is -2.09. The highest BCUT2D eigenvalue weighted by molar-refractivity contribution is 6.11. The van der Waals surface area contributed by atoms with Crippen LogP contribution in [-0.4, -0.2) is 5.91 Å². The third kappa shape index (κ3) is 3.49. The lowest BCUT2D eigenvalue weighted by molar-refractivity contribution is -0.117. The van der Waals surface area contributed by atoms with E-state index >= 15 is 0 Å². The minimum atomic E-state index is -0.372. The molecule has 4 rings (SSSR count). The van der Waals surface area contributed by atoms with Crippen LogP contribution in [0, 0.1) is 11.3 Å². The normalized spacial score (nSPS) is 11.3. The van der Waals surface area contributed by atoms with Gasteiger partial charge >= 0.3 is 0 Å². The monoisotopic (exact) mass is 362 g/mol. The zero-order chi connectivity index (χ0) is 19.3. The smallest absolute Gasteiger partial charge is 0.262 e. The molecule has 1 amide bonds. The van der Waals surface area contributed by atoms with Gasteiger partial charge in [-0.2, -0.15) is 5.26 Å². The van der Waals surface area contributed by atoms with Crippen molar-refractivity contribution in [1.82, 2.24) is 5.32 Å². The Morgan fingerprint density at radius 3 is 2.04 bits per heavy atom. The maximum Gasteiger partial charge on any atom is 0.262 e. The standard InChI is InChI=1S/C25H18N2O/c26-16-21(25(28)27-17-18-8-2-1-3-9-18)15-24-22-12-6-4-10-19(22)14-20-11-5-7-13-23(20)24/h1-15H,17H2,(H,27,28). The van der Waals surface area contributed by atoms with Gasteiger partial charge < -0.3 is 5.32 Å². The van der Waals surface area contributed by atoms with Crippen LogP contribution >= 0.6 is 0 Å². The summed E-state index contributed by atoms with van der Waals surface area (Å²) >= 11 is 0. The van der Waals surface area contributed by atoms with Crippen LogP contribution in [0.1, 0.15) is 11.1 Å². The molecule has 0 unspecified atom stereocenters. The number of nitriles is 1. The molecule has 0 saturated heterocycles. The largest absolute Gasteiger partial charge is 0.347 e. The molecular formula is C25H18N2O. The van der Waals surface area contributed by atoms with Crippen molar-refractivity contribution in [2.75, 3.05) is 0 Å². The number of nitrogens with zero attached hydrogens (tertiary/aromatic N) is 1. The van der Waals surface area contributed by atoms with Gasteiger partial charge in [0.1, 0.15) is 11.6 Å². The molecule has 0 aliphatic rings. The Balaban J connectivity index is 1.76. The molecule has 0 fully saturated rings. The molecule has 0 aliphatic heterocycles. The van der Waals surface area contributed by atoms with E-state index in [1.807, 2.05) is 78.9 Å². The average molecular weight is 362 g/mol. The molecule has 0 bridgehead atoms. The molecule has 0 atom stereocenters. The van der Waals surface area contributed by atoms with E-state index in [1.165, 1.54) is 0 Å². The first kappa shape index (κ1) is 17.5. The van der Waals surface area contributed by atoms with Gasteiger partial charge in [-0.25, -0.2) is 0 Å². The lowest BCUT2D eigenvalue weighted by Crippen LogP contribution is -2.23. The van der Waals surface area contributed by atoms with Crippen molar-refractivity contribution >= 4 is 33.5 Å². The van der Waals surface area contributed by atoms with E-state index in [0.717, 1.165) is 32.7 Å². The second-order valence-electron chi connectivity index (χ2n) is 6.57. The topological polar surface area (TPSA) is 52.9 Å². The fourth-order valence-corrected chi connectivity index (χ4v) is 3.37. The summed E-state index contributed by atoms with van der Waals surface area (Å²) in [4.78, 5) is 12.6. The Kier molecular flexibility index (Phi) is 4.86. The van der Waals surface area contributed by atoms with E-state index < -0.39 is 0 Å². The highest BCUT2D eigenvalue weighted by atomic mass is 16.1. The minimum Gasteiger partial charge on any atom is -0.347 e. The predicted octanol–water partition coefficient (Wildman–Crippen LogP) is 5.22. The Labute approximate surface area is 163 Å². The van der Waals surface area contributed by atoms with Crippen molar-refractivity contribution in [2.45, 2.75) is 6.54 Å². The Bertz CT molecular complexity index is 1180. The van der Waals surface area contributed by atoms with Crippen LogP contribution in [0.3, 0.4) is 0 Å². The van der Waals surface area contributed by atoms with Gasteiger partial charge in [0.2, 0.25) is 0 Å². The van der Waals surface area contributed by atoms with E-state index in [-0.39, 0.29) is 11.5 Å². The minimum absolute atomic E-state index is 0.0948. The Morgan fingerprint density at radius 2 is 1.43 bits per heavy atom. The van der Waals surface area contributed by atoms with Crippen molar-refractivity contribution in [3.63, 3.8) is 0 Å². The second-order valence-corrected chi connectivity index (χ2v) is 6.57. The molecule has 0 heterocycles. The zero-order valence-corrected chi connectivity index (χ0v) is 15.2. The van der Waals surface area contributed by atoms with Crippen LogP contribution in [0.25, 0.3) is 27.6 Å². The van der Waals surface area contributed by atoms with Gasteiger partial charge in [-0.15, -0.1) is 0 Å². The van der Waals surface area contributed by atoms with Crippen molar-refractivity contribution in [2.24, 2.45) is 0 Å². The molecule has 3 heteroatoms. The van der Waals surface area contributed by atoms with E-state index in [2.05, 4.69) is 17.5 Å². The summed E-state index contributed by atoms with van der Waals surface area (Å²) in [6.45, 7) is 0.384. The predicted molar refractivity (Wildman–Crippen MR) is 113 cm³/mol. The fourth-order valence-electron chi connectivity index (χ4n) is 3.37. The first-order valence-electron chi connectivity index (χ1n) is 9.10. The number of benzene rings is 4. The van der Waals surface area contributed by atoms with Crippen LogP contribution in [-0.2, 0) is 11.3 Å². The van der Waals surface area contributed by atoms with Gasteiger partial charge in [0.05, 0.1) is 0 Å². The van der Waals surface area contributed by atoms with Crippen molar-refractivity contribution < 1.29 is 4.79 Å². The molecule has 0 saturated carbocycles. The molecule has 3 nitrogen and oxygen atoms in total. The molecule has 4 aromatic rings. The molecule has 1 N–H and O–H groups in total. The SMILES string of the molecule is N#CC(=Cc1c2ccccc2cc2ccccc12)C(=O)NCc1ccccc1. The number of rotatable bonds is 4. The summed E-state index contributed by atoms with van der Waals surface area (Å²) < 4.78 is 0. The Hall–Kier alpha value is -3.90. The number of hydrogen-bond donors (Lipinski definition) is 1. The second kappa shape index (κ2) is 7.77. The highest BCUT2D eigenvalue weighted by Gasteiger charge is 2.12. The molecule has 0 aromatic heterocycles. The number of amides is 1. The summed E-state index contributed by atoms with van der Waals surface area (Å²) in [6.07, 6.45) is 1.70. The van der Waals surface area contributed by atoms with Crippen molar-refractivity contribution in [3.8, 4) is 6.07 Å². The van der Waals surface area contributed by atoms with Crippen LogP contribution in [0.2, 0.25) is 0 Å². The summed E-state index contributed by atoms with van der Waals surface area (Å²) in [5.41, 5.74) is 1.97. The summed E-state index contributed by atoms with van der Waals surface area (Å²) in [5, 5.41) is 16.6. The molecule has 0 spiro atoms. The number of hydrogen-bond acceptors (Lipinski definition) is 2. The number of nitrogens with one attached hydrogen (secondary N) is 1. The van der Waals surface area contributed by atoms with Crippen molar-refractivity contribution in [3.05, 3.63) is 102 Å². The van der Waals surface area contributed by atoms with Gasteiger partial charge in [-0.05, 0) is 44.8 Å². The molecule has 0 aliphatic carbocycles. The fraction of sp³-hybridized carbons (Fsp3) is 0.0400. The van der Waals surface area contributed by atoms with E-state index in [4.69, 9.17) is 0 Å². The summed E-state index contributed by atoms with van der Waals surface area (Å²) in [6, 6.07) is 29.9. The Morgan fingerprint density at radius 1 is 0.857 bits per heavy atom. The number of fused-ring (bicyclic) bond motifs is 2. The maximum absolute atomic E-state index is 12.6. The third-order valence-electron chi connectivity index (χ3n) is 4.76. The lowest BCUT2D eigenvalue weighted by atomic mass is 9.95. The van der Waals surface area contributed by atoms with Crippen LogP contribution in [0.15, 0.2) is 90.5 Å². The molecule has 0 radical (unpaired) electrons. The molecule has 134 valence electrons. The van der Waals surface area contributed by atoms with Gasteiger partial charge in [-0.1, -0.05) is 78.9 Å². The van der Waals surface area contributed by atoms with Crippen LogP contribution in [0.4, 0.5) is 0 Å². The molecular weight excluding hydrogens is 344 g/mol. The average Bonchev–Trinajstić information content (AvgIpc) is 2.75. The zero-order valence-electron chi connectivity index (χ0n) is 15.2. The summed E-state index contributed by atoms with van der Waals surface area (Å²) in [7, 11) is 0. The van der Waals surface area contributed by atoms with Gasteiger partial charge in [0, 0.05) is 6.54 Å². The third-order valence-corrected chi connectivity index (χ3v) is 4.76. The molecule has 4 aromatic carbocycles. The van der Waals surface area contributed by atoms with Crippen LogP contribution in [0.5, 0.6) is 0 Å². The summed E-state index contributed by atoms with van der Waals surface area (Å²) in [5.74, 6) is -0.372. The van der Waals surface area contributed by atoms with Gasteiger partial charge in [0.25, 0.3) is 5.91 Å². The quantitative estimate of drug-likeness (QED) is 0.307. The maximum atomic E-state index is 12.6. The van der Waals surface area contributed by atoms with Gasteiger partial charge in [0.15, 0.2) is 0 Å². The highest BCUT2D eigenvalue weighted by Crippen LogP contribution is 2.30. The first-order chi connectivity index (χ1) is 13.8. The van der Waals surface area contributed by atoms with Crippen molar-refractivity contribution in [1.29, 1.82) is 5.26 Å². The van der Waals surface area contributed by atoms with E-state index in [9.17, 15) is 10.1 Å². The van der Waals surface area contributed by atoms with E-state index in [1.54, 1.807) is 6.08 Å². The number of carbonyl (C=O) groups excluding carboxylic acids is 1. The molecule has 28 heavy (non-hydrogen) atoms. The van der Waals surface area contributed by atoms with Gasteiger partial charge in [-0.3, -0.25) is 4.79 Å².